The summed E-state index contributed by atoms with van der Waals surface area (Å²) in [5, 5.41) is 3.50. The molecule has 0 saturated carbocycles. The van der Waals surface area contributed by atoms with Gasteiger partial charge in [-0.1, -0.05) is 6.92 Å². The Morgan fingerprint density at radius 2 is 1.90 bits per heavy atom. The summed E-state index contributed by atoms with van der Waals surface area (Å²) in [4.78, 5) is 24.1. The lowest BCUT2D eigenvalue weighted by atomic mass is 10.2. The number of nitrogens with one attached hydrogen (secondary N) is 1. The average molecular weight is 517 g/mol. The number of guanidine groups is 1. The number of carbonyl (C=O) groups is 1. The smallest absolute Gasteiger partial charge is 0.239 e. The number of halogens is 1. The predicted octanol–water partition coefficient (Wildman–Crippen LogP) is 2.42. The molecule has 0 spiro atoms. The van der Waals surface area contributed by atoms with E-state index in [2.05, 4.69) is 29.0 Å². The number of aliphatic imine (C=N–C) groups is 1. The van der Waals surface area contributed by atoms with Crippen molar-refractivity contribution in [2.75, 3.05) is 52.4 Å². The van der Waals surface area contributed by atoms with Crippen molar-refractivity contribution < 1.29 is 9.21 Å². The Morgan fingerprint density at radius 3 is 2.52 bits per heavy atom. The topological polar surface area (TPSA) is 64.3 Å². The molecule has 8 heteroatoms. The Bertz CT molecular complexity index is 623. The van der Waals surface area contributed by atoms with Crippen molar-refractivity contribution in [2.45, 2.75) is 45.6 Å². The van der Waals surface area contributed by atoms with E-state index in [1.165, 1.54) is 0 Å². The molecule has 0 bridgehead atoms. The summed E-state index contributed by atoms with van der Waals surface area (Å²) in [6.45, 7) is 11.3. The van der Waals surface area contributed by atoms with Gasteiger partial charge in [0.2, 0.25) is 5.91 Å². The Hall–Kier alpha value is -1.29. The zero-order valence-corrected chi connectivity index (χ0v) is 20.1. The van der Waals surface area contributed by atoms with Crippen molar-refractivity contribution in [1.82, 2.24) is 20.0 Å². The van der Waals surface area contributed by atoms with E-state index in [1.807, 2.05) is 17.0 Å². The zero-order valence-electron chi connectivity index (χ0n) is 17.8. The van der Waals surface area contributed by atoms with E-state index in [4.69, 9.17) is 9.41 Å². The molecule has 1 amide bonds. The van der Waals surface area contributed by atoms with Gasteiger partial charge in [0.25, 0.3) is 0 Å². The van der Waals surface area contributed by atoms with Crippen LogP contribution in [0.25, 0.3) is 0 Å². The predicted molar refractivity (Wildman–Crippen MR) is 127 cm³/mol. The van der Waals surface area contributed by atoms with Crippen LogP contribution >= 0.6 is 24.0 Å². The molecule has 1 aromatic heterocycles. The van der Waals surface area contributed by atoms with Gasteiger partial charge in [-0.25, -0.2) is 0 Å². The molecule has 2 aliphatic heterocycles. The Labute approximate surface area is 191 Å². The lowest BCUT2D eigenvalue weighted by Gasteiger charge is -2.39. The van der Waals surface area contributed by atoms with Gasteiger partial charge in [-0.05, 0) is 38.3 Å². The van der Waals surface area contributed by atoms with Crippen LogP contribution in [0.3, 0.4) is 0 Å². The molecule has 164 valence electrons. The summed E-state index contributed by atoms with van der Waals surface area (Å²) < 4.78 is 5.41. The third-order valence-electron chi connectivity index (χ3n) is 5.66. The molecule has 2 saturated heterocycles. The summed E-state index contributed by atoms with van der Waals surface area (Å²) in [7, 11) is 0. The minimum Gasteiger partial charge on any atom is -0.469 e. The van der Waals surface area contributed by atoms with Crippen LogP contribution in [-0.4, -0.2) is 85.0 Å². The minimum atomic E-state index is -0.0248. The normalized spacial score (nSPS) is 19.2. The molecule has 1 atom stereocenters. The first-order valence-corrected chi connectivity index (χ1v) is 10.8. The van der Waals surface area contributed by atoms with Gasteiger partial charge in [-0.2, -0.15) is 0 Å². The monoisotopic (exact) mass is 517 g/mol. The maximum absolute atomic E-state index is 12.7. The summed E-state index contributed by atoms with van der Waals surface area (Å²) in [6, 6.07) is 3.90. The maximum Gasteiger partial charge on any atom is 0.239 e. The van der Waals surface area contributed by atoms with Gasteiger partial charge < -0.3 is 19.5 Å². The van der Waals surface area contributed by atoms with E-state index >= 15 is 0 Å². The fraction of sp³-hybridized carbons (Fsp3) is 0.714. The molecule has 0 aromatic carbocycles. The van der Waals surface area contributed by atoms with Gasteiger partial charge in [0.1, 0.15) is 5.76 Å². The summed E-state index contributed by atoms with van der Waals surface area (Å²) in [5.74, 6) is 2.26. The molecule has 2 fully saturated rings. The number of likely N-dealkylation sites (tertiary alicyclic amines) is 1. The number of amides is 1. The zero-order chi connectivity index (χ0) is 19.8. The van der Waals surface area contributed by atoms with Crippen molar-refractivity contribution in [2.24, 2.45) is 4.99 Å². The van der Waals surface area contributed by atoms with Crippen LogP contribution in [0.1, 0.15) is 38.9 Å². The Balaban J connectivity index is 0.00000300. The maximum atomic E-state index is 12.7. The molecule has 1 N–H and O–H groups in total. The van der Waals surface area contributed by atoms with Crippen LogP contribution in [-0.2, 0) is 11.2 Å². The molecular weight excluding hydrogens is 481 g/mol. The first-order valence-electron chi connectivity index (χ1n) is 10.8. The first-order chi connectivity index (χ1) is 13.7. The van der Waals surface area contributed by atoms with Gasteiger partial charge in [-0.15, -0.1) is 24.0 Å². The third-order valence-corrected chi connectivity index (χ3v) is 5.66. The van der Waals surface area contributed by atoms with Gasteiger partial charge in [0, 0.05) is 58.8 Å². The van der Waals surface area contributed by atoms with Crippen LogP contribution in [0.15, 0.2) is 27.8 Å². The van der Waals surface area contributed by atoms with Gasteiger partial charge >= 0.3 is 0 Å². The number of carbonyl (C=O) groups excluding carboxylic acids is 1. The highest BCUT2D eigenvalue weighted by molar-refractivity contribution is 14.0. The molecule has 0 aliphatic carbocycles. The number of furan rings is 1. The first kappa shape index (κ1) is 24.0. The second kappa shape index (κ2) is 12.4. The lowest BCUT2D eigenvalue weighted by molar-refractivity contribution is -0.135. The molecule has 1 aromatic rings. The number of hydrogen-bond donors (Lipinski definition) is 1. The average Bonchev–Trinajstić information content (AvgIpc) is 3.44. The van der Waals surface area contributed by atoms with Crippen LogP contribution in [0.2, 0.25) is 0 Å². The molecule has 3 heterocycles. The Morgan fingerprint density at radius 1 is 1.17 bits per heavy atom. The highest BCUT2D eigenvalue weighted by Crippen LogP contribution is 2.14. The van der Waals surface area contributed by atoms with Crippen molar-refractivity contribution in [3.63, 3.8) is 0 Å². The molecule has 2 aliphatic rings. The highest BCUT2D eigenvalue weighted by atomic mass is 127. The van der Waals surface area contributed by atoms with E-state index in [0.717, 1.165) is 89.8 Å². The lowest BCUT2D eigenvalue weighted by Crippen LogP contribution is -2.57. The van der Waals surface area contributed by atoms with Gasteiger partial charge in [0.15, 0.2) is 5.96 Å². The van der Waals surface area contributed by atoms with Gasteiger partial charge in [-0.3, -0.25) is 14.7 Å². The number of nitrogens with zero attached hydrogens (tertiary/aromatic N) is 4. The molecule has 7 nitrogen and oxygen atoms in total. The largest absolute Gasteiger partial charge is 0.469 e. The third kappa shape index (κ3) is 6.87. The van der Waals surface area contributed by atoms with Crippen LogP contribution in [0.5, 0.6) is 0 Å². The van der Waals surface area contributed by atoms with E-state index in [1.54, 1.807) is 6.26 Å². The molecule has 29 heavy (non-hydrogen) atoms. The number of hydrogen-bond acceptors (Lipinski definition) is 4. The number of rotatable bonds is 7. The standard InChI is InChI=1S/C21H35N5O2.HI/c1-3-9-22-21(23-10-8-19-7-6-17-28-19)26-15-13-24(14-16-26)18(2)20(27)25-11-4-5-12-25;/h6-7,17-18H,3-5,8-16H2,1-2H3,(H,22,23);1H. The van der Waals surface area contributed by atoms with Crippen molar-refractivity contribution in [1.29, 1.82) is 0 Å². The fourth-order valence-corrected chi connectivity index (χ4v) is 3.92. The van der Waals surface area contributed by atoms with Crippen LogP contribution in [0, 0.1) is 0 Å². The van der Waals surface area contributed by atoms with E-state index in [0.29, 0.717) is 5.91 Å². The fourth-order valence-electron chi connectivity index (χ4n) is 3.92. The SMILES string of the molecule is CCCN=C(NCCc1ccco1)N1CCN(C(C)C(=O)N2CCCC2)CC1.I. The van der Waals surface area contributed by atoms with E-state index in [9.17, 15) is 4.79 Å². The second-order valence-electron chi connectivity index (χ2n) is 7.69. The van der Waals surface area contributed by atoms with Crippen molar-refractivity contribution in [3.05, 3.63) is 24.2 Å². The highest BCUT2D eigenvalue weighted by Gasteiger charge is 2.30. The van der Waals surface area contributed by atoms with E-state index < -0.39 is 0 Å². The quantitative estimate of drug-likeness (QED) is 0.342. The molecule has 3 rings (SSSR count). The Kier molecular flexibility index (Phi) is 10.3. The number of piperazine rings is 1. The van der Waals surface area contributed by atoms with Gasteiger partial charge in [0.05, 0.1) is 12.3 Å². The van der Waals surface area contributed by atoms with Crippen molar-refractivity contribution in [3.8, 4) is 0 Å². The van der Waals surface area contributed by atoms with E-state index in [-0.39, 0.29) is 30.0 Å². The van der Waals surface area contributed by atoms with Crippen molar-refractivity contribution >= 4 is 35.8 Å². The molecule has 0 radical (unpaired) electrons. The summed E-state index contributed by atoms with van der Waals surface area (Å²) in [5.41, 5.74) is 0. The van der Waals surface area contributed by atoms with Crippen LogP contribution < -0.4 is 5.32 Å². The summed E-state index contributed by atoms with van der Waals surface area (Å²) in [6.07, 6.45) is 5.88. The minimum absolute atomic E-state index is 0. The summed E-state index contributed by atoms with van der Waals surface area (Å²) >= 11 is 0. The second-order valence-corrected chi connectivity index (χ2v) is 7.69. The van der Waals surface area contributed by atoms with Crippen LogP contribution in [0.4, 0.5) is 0 Å². The molecular formula is C21H36IN5O2. The molecule has 1 unspecified atom stereocenters.